The molecule has 1 N–H and O–H groups in total. The van der Waals surface area contributed by atoms with Crippen LogP contribution in [0, 0.1) is 6.92 Å². The average molecular weight is 584 g/mol. The summed E-state index contributed by atoms with van der Waals surface area (Å²) >= 11 is 1.33. The minimum Gasteiger partial charge on any atom is -0.272 e. The molecule has 0 fully saturated rings. The van der Waals surface area contributed by atoms with Crippen molar-refractivity contribution in [3.63, 3.8) is 0 Å². The zero-order valence-electron chi connectivity index (χ0n) is 24.7. The molecule has 1 heterocycles. The summed E-state index contributed by atoms with van der Waals surface area (Å²) < 4.78 is 2.01. The number of carbonyl (C=O) groups excluding carboxylic acids is 1. The molecule has 6 aromatic rings. The summed E-state index contributed by atoms with van der Waals surface area (Å²) in [6, 6.07) is 35.3. The van der Waals surface area contributed by atoms with Crippen molar-refractivity contribution in [3.05, 3.63) is 120 Å². The third-order valence-electron chi connectivity index (χ3n) is 7.46. The first-order valence-corrected chi connectivity index (χ1v) is 15.2. The molecule has 43 heavy (non-hydrogen) atoms. The van der Waals surface area contributed by atoms with Crippen LogP contribution in [-0.4, -0.2) is 32.6 Å². The van der Waals surface area contributed by atoms with E-state index in [0.29, 0.717) is 5.16 Å². The van der Waals surface area contributed by atoms with E-state index >= 15 is 0 Å². The number of aryl methyl sites for hydroxylation is 1. The molecule has 0 aliphatic rings. The zero-order chi connectivity index (χ0) is 30.0. The monoisotopic (exact) mass is 583 g/mol. The first kappa shape index (κ1) is 28.4. The number of aromatic nitrogens is 3. The van der Waals surface area contributed by atoms with Crippen molar-refractivity contribution in [2.45, 2.75) is 38.3 Å². The maximum atomic E-state index is 12.9. The molecule has 6 nitrogen and oxygen atoms in total. The van der Waals surface area contributed by atoms with Crippen molar-refractivity contribution in [1.82, 2.24) is 20.2 Å². The second-order valence-electron chi connectivity index (χ2n) is 11.6. The highest BCUT2D eigenvalue weighted by Crippen LogP contribution is 2.31. The fraction of sp³-hybridized carbons (Fsp3) is 0.167. The van der Waals surface area contributed by atoms with Gasteiger partial charge >= 0.3 is 0 Å². The van der Waals surface area contributed by atoms with Crippen LogP contribution >= 0.6 is 11.8 Å². The van der Waals surface area contributed by atoms with E-state index in [1.165, 1.54) is 22.9 Å². The van der Waals surface area contributed by atoms with Crippen LogP contribution in [0.15, 0.2) is 113 Å². The van der Waals surface area contributed by atoms with Crippen molar-refractivity contribution < 1.29 is 4.79 Å². The Hall–Kier alpha value is -4.75. The molecule has 0 atom stereocenters. The Bertz CT molecular complexity index is 1900. The van der Waals surface area contributed by atoms with Crippen LogP contribution in [0.2, 0.25) is 0 Å². The molecule has 0 radical (unpaired) electrons. The van der Waals surface area contributed by atoms with Gasteiger partial charge in [0.05, 0.1) is 12.0 Å². The van der Waals surface area contributed by atoms with Crippen LogP contribution < -0.4 is 5.43 Å². The summed E-state index contributed by atoms with van der Waals surface area (Å²) in [5, 5.41) is 18.4. The van der Waals surface area contributed by atoms with Gasteiger partial charge in [0.2, 0.25) is 0 Å². The standard InChI is InChI=1S/C36H33N5OS/c1-24-13-19-29(20-14-24)41-34(25-15-17-28(18-16-25)36(2,3)4)39-40-35(41)43-23-33(42)38-37-22-32-30-11-7-5-9-26(30)21-27-10-6-8-12-31(27)32/h5-22H,23H2,1-4H3,(H,38,42)/b37-22+. The number of amides is 1. The van der Waals surface area contributed by atoms with Crippen LogP contribution in [0.25, 0.3) is 38.6 Å². The van der Waals surface area contributed by atoms with Crippen LogP contribution in [0.3, 0.4) is 0 Å². The number of nitrogens with zero attached hydrogens (tertiary/aromatic N) is 4. The molecule has 7 heteroatoms. The third-order valence-corrected chi connectivity index (χ3v) is 8.39. The Balaban J connectivity index is 1.23. The molecule has 6 rings (SSSR count). The van der Waals surface area contributed by atoms with Gasteiger partial charge in [-0.05, 0) is 57.6 Å². The van der Waals surface area contributed by atoms with Crippen molar-refractivity contribution in [3.8, 4) is 17.1 Å². The second kappa shape index (κ2) is 11.9. The normalized spacial score (nSPS) is 11.9. The SMILES string of the molecule is Cc1ccc(-n2c(SCC(=O)N/N=C/c3c4ccccc4cc4ccccc34)nnc2-c2ccc(C(C)(C)C)cc2)cc1. The zero-order valence-corrected chi connectivity index (χ0v) is 25.5. The fourth-order valence-electron chi connectivity index (χ4n) is 5.12. The number of hydrogen-bond acceptors (Lipinski definition) is 5. The van der Waals surface area contributed by atoms with Gasteiger partial charge in [-0.2, -0.15) is 5.10 Å². The van der Waals surface area contributed by atoms with E-state index < -0.39 is 0 Å². The number of hydrogen-bond donors (Lipinski definition) is 1. The number of rotatable bonds is 7. The van der Waals surface area contributed by atoms with Crippen molar-refractivity contribution in [2.75, 3.05) is 5.75 Å². The summed E-state index contributed by atoms with van der Waals surface area (Å²) in [4.78, 5) is 12.9. The van der Waals surface area contributed by atoms with E-state index in [9.17, 15) is 4.79 Å². The van der Waals surface area contributed by atoms with E-state index in [1.807, 2.05) is 28.8 Å². The number of fused-ring (bicyclic) bond motifs is 2. The Morgan fingerprint density at radius 1 is 0.860 bits per heavy atom. The summed E-state index contributed by atoms with van der Waals surface area (Å²) in [5.74, 6) is 0.647. The van der Waals surface area contributed by atoms with Gasteiger partial charge in [0.25, 0.3) is 5.91 Å². The number of benzene rings is 5. The van der Waals surface area contributed by atoms with Gasteiger partial charge in [0.1, 0.15) is 0 Å². The fourth-order valence-corrected chi connectivity index (χ4v) is 5.86. The number of carbonyl (C=O) groups is 1. The minimum atomic E-state index is -0.222. The predicted octanol–water partition coefficient (Wildman–Crippen LogP) is 8.09. The second-order valence-corrected chi connectivity index (χ2v) is 12.6. The largest absolute Gasteiger partial charge is 0.272 e. The maximum absolute atomic E-state index is 12.9. The number of hydrazone groups is 1. The lowest BCUT2D eigenvalue weighted by Gasteiger charge is -2.19. The van der Waals surface area contributed by atoms with E-state index in [-0.39, 0.29) is 17.1 Å². The van der Waals surface area contributed by atoms with Gasteiger partial charge in [0, 0.05) is 16.8 Å². The minimum absolute atomic E-state index is 0.0563. The predicted molar refractivity (Wildman–Crippen MR) is 178 cm³/mol. The van der Waals surface area contributed by atoms with Crippen LogP contribution in [0.1, 0.15) is 37.5 Å². The number of thioether (sulfide) groups is 1. The third kappa shape index (κ3) is 6.08. The lowest BCUT2D eigenvalue weighted by Crippen LogP contribution is -2.20. The Morgan fingerprint density at radius 2 is 1.49 bits per heavy atom. The van der Waals surface area contributed by atoms with Gasteiger partial charge in [0.15, 0.2) is 11.0 Å². The van der Waals surface area contributed by atoms with Crippen LogP contribution in [0.5, 0.6) is 0 Å². The molecule has 1 amide bonds. The Kier molecular flexibility index (Phi) is 7.82. The van der Waals surface area contributed by atoms with Crippen molar-refractivity contribution in [1.29, 1.82) is 0 Å². The molecule has 5 aromatic carbocycles. The molecule has 214 valence electrons. The van der Waals surface area contributed by atoms with Crippen molar-refractivity contribution in [2.24, 2.45) is 5.10 Å². The van der Waals surface area contributed by atoms with E-state index in [0.717, 1.165) is 44.2 Å². The highest BCUT2D eigenvalue weighted by atomic mass is 32.2. The lowest BCUT2D eigenvalue weighted by molar-refractivity contribution is -0.118. The van der Waals surface area contributed by atoms with Gasteiger partial charge in [-0.3, -0.25) is 9.36 Å². The van der Waals surface area contributed by atoms with Gasteiger partial charge in [-0.25, -0.2) is 5.43 Å². The molecule has 0 bridgehead atoms. The Labute approximate surface area is 255 Å². The lowest BCUT2D eigenvalue weighted by atomic mass is 9.87. The van der Waals surface area contributed by atoms with Gasteiger partial charge in [-0.15, -0.1) is 10.2 Å². The summed E-state index contributed by atoms with van der Waals surface area (Å²) in [6.07, 6.45) is 1.74. The molecule has 0 unspecified atom stereocenters. The van der Waals surface area contributed by atoms with Gasteiger partial charge in [-0.1, -0.05) is 123 Å². The smallest absolute Gasteiger partial charge is 0.250 e. The molecular formula is C36H33N5OS. The topological polar surface area (TPSA) is 72.2 Å². The maximum Gasteiger partial charge on any atom is 0.250 e. The summed E-state index contributed by atoms with van der Waals surface area (Å²) in [6.45, 7) is 8.66. The van der Waals surface area contributed by atoms with Gasteiger partial charge < -0.3 is 0 Å². The van der Waals surface area contributed by atoms with E-state index in [2.05, 4.69) is 127 Å². The molecule has 0 aliphatic heterocycles. The van der Waals surface area contributed by atoms with Crippen LogP contribution in [0.4, 0.5) is 0 Å². The molecule has 0 saturated carbocycles. The first-order chi connectivity index (χ1) is 20.8. The molecule has 0 aliphatic carbocycles. The molecule has 0 saturated heterocycles. The summed E-state index contributed by atoms with van der Waals surface area (Å²) in [7, 11) is 0. The number of nitrogens with one attached hydrogen (secondary N) is 1. The average Bonchev–Trinajstić information content (AvgIpc) is 3.43. The molecule has 0 spiro atoms. The summed E-state index contributed by atoms with van der Waals surface area (Å²) in [5.41, 5.74) is 8.06. The van der Waals surface area contributed by atoms with Crippen LogP contribution in [-0.2, 0) is 10.2 Å². The molecular weight excluding hydrogens is 550 g/mol. The van der Waals surface area contributed by atoms with E-state index in [1.54, 1.807) is 6.21 Å². The quantitative estimate of drug-likeness (QED) is 0.0892. The first-order valence-electron chi connectivity index (χ1n) is 14.3. The highest BCUT2D eigenvalue weighted by molar-refractivity contribution is 7.99. The van der Waals surface area contributed by atoms with Crippen molar-refractivity contribution >= 4 is 45.4 Å². The highest BCUT2D eigenvalue weighted by Gasteiger charge is 2.19. The van der Waals surface area contributed by atoms with E-state index in [4.69, 9.17) is 0 Å². The Morgan fingerprint density at radius 3 is 2.12 bits per heavy atom. The molecule has 1 aromatic heterocycles.